The van der Waals surface area contributed by atoms with Gasteiger partial charge in [-0.3, -0.25) is 0 Å². The zero-order valence-electron chi connectivity index (χ0n) is 13.2. The lowest BCUT2D eigenvalue weighted by Crippen LogP contribution is -2.27. The standard InChI is InChI=1S/C18H20ClNO2S2/c19-14-7-5-13(6-8-14)17-9-10-18(23-17)24(21,22)20-16-11-15(16)12-3-1-2-4-12/h5-10,12,15-16,20H,1-4,11H2/t15-,16+/m0/s1. The Morgan fingerprint density at radius 1 is 1.04 bits per heavy atom. The van der Waals surface area contributed by atoms with E-state index in [1.165, 1.54) is 37.0 Å². The highest BCUT2D eigenvalue weighted by atomic mass is 35.5. The van der Waals surface area contributed by atoms with Crippen LogP contribution in [0.3, 0.4) is 0 Å². The van der Waals surface area contributed by atoms with Gasteiger partial charge in [0, 0.05) is 15.9 Å². The highest BCUT2D eigenvalue weighted by Crippen LogP contribution is 2.46. The van der Waals surface area contributed by atoms with Gasteiger partial charge in [-0.15, -0.1) is 11.3 Å². The van der Waals surface area contributed by atoms with E-state index in [9.17, 15) is 8.42 Å². The summed E-state index contributed by atoms with van der Waals surface area (Å²) in [6.07, 6.45) is 6.14. The lowest BCUT2D eigenvalue weighted by molar-refractivity contribution is 0.461. The second-order valence-corrected chi connectivity index (χ2v) is 10.3. The average molecular weight is 382 g/mol. The zero-order chi connectivity index (χ0) is 16.7. The van der Waals surface area contributed by atoms with E-state index >= 15 is 0 Å². The van der Waals surface area contributed by atoms with Gasteiger partial charge in [-0.2, -0.15) is 0 Å². The van der Waals surface area contributed by atoms with E-state index in [1.54, 1.807) is 6.07 Å². The first-order valence-corrected chi connectivity index (χ1v) is 11.1. The molecule has 2 aliphatic rings. The van der Waals surface area contributed by atoms with Crippen LogP contribution >= 0.6 is 22.9 Å². The number of sulfonamides is 1. The molecule has 1 heterocycles. The largest absolute Gasteiger partial charge is 0.250 e. The van der Waals surface area contributed by atoms with E-state index in [0.29, 0.717) is 15.1 Å². The van der Waals surface area contributed by atoms with Crippen LogP contribution in [-0.4, -0.2) is 14.5 Å². The third kappa shape index (κ3) is 3.40. The molecule has 0 bridgehead atoms. The number of benzene rings is 1. The minimum absolute atomic E-state index is 0.138. The number of thiophene rings is 1. The molecular weight excluding hydrogens is 362 g/mol. The lowest BCUT2D eigenvalue weighted by atomic mass is 10.0. The molecule has 24 heavy (non-hydrogen) atoms. The van der Waals surface area contributed by atoms with Gasteiger partial charge in [0.15, 0.2) is 0 Å². The Morgan fingerprint density at radius 3 is 2.46 bits per heavy atom. The summed E-state index contributed by atoms with van der Waals surface area (Å²) in [6, 6.07) is 11.2. The molecule has 0 aliphatic heterocycles. The van der Waals surface area contributed by atoms with Crippen molar-refractivity contribution in [2.24, 2.45) is 11.8 Å². The van der Waals surface area contributed by atoms with Crippen LogP contribution in [0.5, 0.6) is 0 Å². The fourth-order valence-electron chi connectivity index (χ4n) is 3.75. The van der Waals surface area contributed by atoms with Crippen LogP contribution in [0.25, 0.3) is 10.4 Å². The molecule has 0 unspecified atom stereocenters. The van der Waals surface area contributed by atoms with Crippen molar-refractivity contribution in [3.05, 3.63) is 41.4 Å². The van der Waals surface area contributed by atoms with Gasteiger partial charge in [-0.05, 0) is 48.1 Å². The SMILES string of the molecule is O=S(=O)(N[C@@H]1C[C@H]1C1CCCC1)c1ccc(-c2ccc(Cl)cc2)s1. The molecule has 2 saturated carbocycles. The maximum atomic E-state index is 12.6. The van der Waals surface area contributed by atoms with E-state index < -0.39 is 10.0 Å². The van der Waals surface area contributed by atoms with Crippen LogP contribution in [-0.2, 0) is 10.0 Å². The third-order valence-corrected chi connectivity index (χ3v) is 8.49. The van der Waals surface area contributed by atoms with Crippen LogP contribution in [0.1, 0.15) is 32.1 Å². The summed E-state index contributed by atoms with van der Waals surface area (Å²) in [5.74, 6) is 1.28. The Morgan fingerprint density at radius 2 is 1.75 bits per heavy atom. The van der Waals surface area contributed by atoms with Gasteiger partial charge >= 0.3 is 0 Å². The summed E-state index contributed by atoms with van der Waals surface area (Å²) in [5.41, 5.74) is 0.987. The highest BCUT2D eigenvalue weighted by molar-refractivity contribution is 7.91. The van der Waals surface area contributed by atoms with Crippen molar-refractivity contribution in [3.8, 4) is 10.4 Å². The first-order valence-electron chi connectivity index (χ1n) is 8.41. The molecule has 2 aromatic rings. The Kier molecular flexibility index (Phi) is 4.45. The molecule has 1 aromatic carbocycles. The molecule has 4 rings (SSSR count). The van der Waals surface area contributed by atoms with E-state index in [-0.39, 0.29) is 6.04 Å². The van der Waals surface area contributed by atoms with Crippen molar-refractivity contribution in [2.75, 3.05) is 0 Å². The maximum Gasteiger partial charge on any atom is 0.250 e. The monoisotopic (exact) mass is 381 g/mol. The number of hydrogen-bond acceptors (Lipinski definition) is 3. The van der Waals surface area contributed by atoms with E-state index in [2.05, 4.69) is 4.72 Å². The van der Waals surface area contributed by atoms with E-state index in [4.69, 9.17) is 11.6 Å². The van der Waals surface area contributed by atoms with Gasteiger partial charge in [0.2, 0.25) is 10.0 Å². The average Bonchev–Trinajstić information content (AvgIpc) is 3.01. The predicted octanol–water partition coefficient (Wildman–Crippen LogP) is 4.93. The van der Waals surface area contributed by atoms with Crippen molar-refractivity contribution in [3.63, 3.8) is 0 Å². The van der Waals surface area contributed by atoms with Crippen LogP contribution in [0, 0.1) is 11.8 Å². The molecule has 2 fully saturated rings. The van der Waals surface area contributed by atoms with Gasteiger partial charge < -0.3 is 0 Å². The zero-order valence-corrected chi connectivity index (χ0v) is 15.6. The molecule has 128 valence electrons. The van der Waals surface area contributed by atoms with Crippen molar-refractivity contribution in [1.82, 2.24) is 4.72 Å². The van der Waals surface area contributed by atoms with Crippen molar-refractivity contribution < 1.29 is 8.42 Å². The highest BCUT2D eigenvalue weighted by Gasteiger charge is 2.45. The first-order chi connectivity index (χ1) is 11.5. The molecule has 1 N–H and O–H groups in total. The summed E-state index contributed by atoms with van der Waals surface area (Å²) in [4.78, 5) is 0.940. The first kappa shape index (κ1) is 16.6. The van der Waals surface area contributed by atoms with Crippen molar-refractivity contribution in [1.29, 1.82) is 0 Å². The molecule has 6 heteroatoms. The molecule has 2 atom stereocenters. The minimum Gasteiger partial charge on any atom is -0.207 e. The van der Waals surface area contributed by atoms with Crippen LogP contribution in [0.4, 0.5) is 0 Å². The van der Waals surface area contributed by atoms with Gasteiger partial charge in [-0.25, -0.2) is 13.1 Å². The van der Waals surface area contributed by atoms with E-state index in [1.807, 2.05) is 30.3 Å². The predicted molar refractivity (Wildman–Crippen MR) is 98.9 cm³/mol. The number of nitrogens with one attached hydrogen (secondary N) is 1. The summed E-state index contributed by atoms with van der Waals surface area (Å²) in [5, 5.41) is 0.677. The topological polar surface area (TPSA) is 46.2 Å². The smallest absolute Gasteiger partial charge is 0.207 e. The van der Waals surface area contributed by atoms with Gasteiger partial charge in [-0.1, -0.05) is 49.4 Å². The molecule has 2 aliphatic carbocycles. The molecule has 0 amide bonds. The van der Waals surface area contributed by atoms with Gasteiger partial charge in [0.05, 0.1) is 0 Å². The molecule has 1 aromatic heterocycles. The second kappa shape index (κ2) is 6.45. The normalized spacial score (nSPS) is 24.4. The molecule has 3 nitrogen and oxygen atoms in total. The summed E-state index contributed by atoms with van der Waals surface area (Å²) in [7, 11) is -3.41. The summed E-state index contributed by atoms with van der Waals surface area (Å²) >= 11 is 7.21. The summed E-state index contributed by atoms with van der Waals surface area (Å²) < 4.78 is 28.5. The fourth-order valence-corrected chi connectivity index (χ4v) is 6.50. The molecule has 0 spiro atoms. The quantitative estimate of drug-likeness (QED) is 0.798. The summed E-state index contributed by atoms with van der Waals surface area (Å²) in [6.45, 7) is 0. The van der Waals surface area contributed by atoms with Crippen LogP contribution in [0.15, 0.2) is 40.6 Å². The Hall–Kier alpha value is -0.880. The van der Waals surface area contributed by atoms with Crippen LogP contribution in [0.2, 0.25) is 5.02 Å². The van der Waals surface area contributed by atoms with Crippen molar-refractivity contribution in [2.45, 2.75) is 42.4 Å². The Labute approximate surface area is 152 Å². The fraction of sp³-hybridized carbons (Fsp3) is 0.444. The number of halogens is 1. The molecule has 0 saturated heterocycles. The minimum atomic E-state index is -3.41. The van der Waals surface area contributed by atoms with Crippen molar-refractivity contribution >= 4 is 33.0 Å². The molecular formula is C18H20ClNO2S2. The maximum absolute atomic E-state index is 12.6. The van der Waals surface area contributed by atoms with E-state index in [0.717, 1.165) is 22.8 Å². The lowest BCUT2D eigenvalue weighted by Gasteiger charge is -2.09. The van der Waals surface area contributed by atoms with Gasteiger partial charge in [0.1, 0.15) is 4.21 Å². The molecule has 0 radical (unpaired) electrons. The van der Waals surface area contributed by atoms with Gasteiger partial charge in [0.25, 0.3) is 0 Å². The Balaban J connectivity index is 1.46. The number of rotatable bonds is 5. The Bertz CT molecular complexity index is 823. The third-order valence-electron chi connectivity index (χ3n) is 5.13. The number of hydrogen-bond donors (Lipinski definition) is 1. The van der Waals surface area contributed by atoms with Crippen LogP contribution < -0.4 is 4.72 Å². The second-order valence-electron chi connectivity index (χ2n) is 6.80.